The van der Waals surface area contributed by atoms with Gasteiger partial charge in [-0.15, -0.1) is 0 Å². The van der Waals surface area contributed by atoms with E-state index in [4.69, 9.17) is 11.6 Å². The van der Waals surface area contributed by atoms with E-state index in [1.165, 1.54) is 24.4 Å². The number of nitrogens with one attached hydrogen (secondary N) is 1. The molecule has 0 radical (unpaired) electrons. The third-order valence-corrected chi connectivity index (χ3v) is 4.55. The van der Waals surface area contributed by atoms with Crippen molar-refractivity contribution in [3.63, 3.8) is 0 Å². The lowest BCUT2D eigenvalue weighted by Gasteiger charge is -2.32. The van der Waals surface area contributed by atoms with Gasteiger partial charge in [-0.25, -0.2) is 13.2 Å². The molecule has 0 fully saturated rings. The number of hydrogen-bond donors (Lipinski definition) is 2. The van der Waals surface area contributed by atoms with Gasteiger partial charge in [-0.3, -0.25) is 9.78 Å². The highest BCUT2D eigenvalue weighted by atomic mass is 35.5. The maximum absolute atomic E-state index is 15.3. The fraction of sp³-hybridized carbons (Fsp3) is 0.294. The molecular formula is C17H14ClF3N2O2. The SMILES string of the molecule is O=C(NCc1ccc(Cl)c(F)c1F)[C@]1(F)CC[C@H](O)c2ncccc21. The predicted molar refractivity (Wildman–Crippen MR) is 84.4 cm³/mol. The highest BCUT2D eigenvalue weighted by Crippen LogP contribution is 2.42. The summed E-state index contributed by atoms with van der Waals surface area (Å²) in [5, 5.41) is 11.8. The highest BCUT2D eigenvalue weighted by molar-refractivity contribution is 6.30. The van der Waals surface area contributed by atoms with Crippen LogP contribution in [0.3, 0.4) is 0 Å². The molecule has 4 nitrogen and oxygen atoms in total. The average molecular weight is 371 g/mol. The quantitative estimate of drug-likeness (QED) is 0.815. The zero-order valence-corrected chi connectivity index (χ0v) is 13.7. The number of carbonyl (C=O) groups excluding carboxylic acids is 1. The van der Waals surface area contributed by atoms with Gasteiger partial charge in [0, 0.05) is 23.9 Å². The molecule has 1 aliphatic carbocycles. The van der Waals surface area contributed by atoms with E-state index in [2.05, 4.69) is 10.3 Å². The van der Waals surface area contributed by atoms with Crippen LogP contribution in [0.4, 0.5) is 13.2 Å². The lowest BCUT2D eigenvalue weighted by atomic mass is 9.81. The van der Waals surface area contributed by atoms with Crippen LogP contribution in [-0.2, 0) is 17.0 Å². The van der Waals surface area contributed by atoms with Crippen molar-refractivity contribution >= 4 is 17.5 Å². The Hall–Kier alpha value is -2.12. The van der Waals surface area contributed by atoms with Crippen LogP contribution in [-0.4, -0.2) is 16.0 Å². The van der Waals surface area contributed by atoms with Gasteiger partial charge < -0.3 is 10.4 Å². The zero-order valence-electron chi connectivity index (χ0n) is 12.9. The molecule has 3 rings (SSSR count). The summed E-state index contributed by atoms with van der Waals surface area (Å²) in [4.78, 5) is 16.3. The number of carbonyl (C=O) groups is 1. The third kappa shape index (κ3) is 3.09. The van der Waals surface area contributed by atoms with E-state index in [0.717, 1.165) is 6.07 Å². The van der Waals surface area contributed by atoms with Gasteiger partial charge in [0.15, 0.2) is 11.6 Å². The van der Waals surface area contributed by atoms with Crippen LogP contribution in [0.1, 0.15) is 35.8 Å². The summed E-state index contributed by atoms with van der Waals surface area (Å²) in [6.45, 7) is -0.400. The predicted octanol–water partition coefficient (Wildman–Crippen LogP) is 3.32. The number of nitrogens with zero attached hydrogens (tertiary/aromatic N) is 1. The van der Waals surface area contributed by atoms with E-state index in [0.29, 0.717) is 0 Å². The van der Waals surface area contributed by atoms with Crippen molar-refractivity contribution in [3.05, 3.63) is 63.9 Å². The Bertz CT molecular complexity index is 834. The van der Waals surface area contributed by atoms with Crippen molar-refractivity contribution in [2.75, 3.05) is 0 Å². The first kappa shape index (κ1) is 17.7. The maximum Gasteiger partial charge on any atom is 0.262 e. The first-order chi connectivity index (χ1) is 11.8. The summed E-state index contributed by atoms with van der Waals surface area (Å²) >= 11 is 5.47. The molecule has 132 valence electrons. The summed E-state index contributed by atoms with van der Waals surface area (Å²) in [6, 6.07) is 5.22. The van der Waals surface area contributed by atoms with Crippen molar-refractivity contribution in [1.82, 2.24) is 10.3 Å². The minimum absolute atomic E-state index is 0.0194. The number of aliphatic hydroxyl groups excluding tert-OH is 1. The lowest BCUT2D eigenvalue weighted by molar-refractivity contribution is -0.135. The Labute approximate surface area is 146 Å². The fourth-order valence-corrected chi connectivity index (χ4v) is 3.02. The molecule has 0 aliphatic heterocycles. The maximum atomic E-state index is 15.3. The van der Waals surface area contributed by atoms with Crippen LogP contribution >= 0.6 is 11.6 Å². The number of aromatic nitrogens is 1. The first-order valence-corrected chi connectivity index (χ1v) is 7.95. The number of alkyl halides is 1. The minimum atomic E-state index is -2.40. The second-order valence-electron chi connectivity index (χ2n) is 5.81. The van der Waals surface area contributed by atoms with Gasteiger partial charge in [-0.05, 0) is 25.0 Å². The van der Waals surface area contributed by atoms with Gasteiger partial charge in [0.25, 0.3) is 5.91 Å². The standard InChI is InChI=1S/C17H14ClF3N2O2/c18-11-4-3-9(13(19)14(11)20)8-23-16(25)17(21)6-5-12(24)15-10(17)2-1-7-22-15/h1-4,7,12,24H,5-6,8H2,(H,23,25)/t12-,17-/m0/s1. The molecule has 0 saturated heterocycles. The molecule has 2 aromatic rings. The lowest BCUT2D eigenvalue weighted by Crippen LogP contribution is -2.44. The molecule has 8 heteroatoms. The van der Waals surface area contributed by atoms with E-state index in [1.807, 2.05) is 0 Å². The van der Waals surface area contributed by atoms with Crippen LogP contribution < -0.4 is 5.32 Å². The molecule has 1 amide bonds. The average Bonchev–Trinajstić information content (AvgIpc) is 2.62. The Morgan fingerprint density at radius 2 is 2.12 bits per heavy atom. The summed E-state index contributed by atoms with van der Waals surface area (Å²) in [7, 11) is 0. The van der Waals surface area contributed by atoms with Crippen LogP contribution in [0.15, 0.2) is 30.5 Å². The van der Waals surface area contributed by atoms with E-state index < -0.39 is 35.9 Å². The summed E-state index contributed by atoms with van der Waals surface area (Å²) in [5.74, 6) is -3.41. The van der Waals surface area contributed by atoms with E-state index in [9.17, 15) is 18.7 Å². The van der Waals surface area contributed by atoms with Gasteiger partial charge in [-0.2, -0.15) is 0 Å². The Kier molecular flexibility index (Phi) is 4.71. The first-order valence-electron chi connectivity index (χ1n) is 7.57. The summed E-state index contributed by atoms with van der Waals surface area (Å²) < 4.78 is 42.6. The number of rotatable bonds is 3. The number of fused-ring (bicyclic) bond motifs is 1. The van der Waals surface area contributed by atoms with Gasteiger partial charge in [0.05, 0.1) is 16.8 Å². The van der Waals surface area contributed by atoms with Crippen molar-refractivity contribution < 1.29 is 23.1 Å². The number of benzene rings is 1. The Balaban J connectivity index is 1.82. The van der Waals surface area contributed by atoms with Crippen molar-refractivity contribution in [2.24, 2.45) is 0 Å². The second-order valence-corrected chi connectivity index (χ2v) is 6.22. The normalized spacial score (nSPS) is 22.4. The second kappa shape index (κ2) is 6.65. The highest BCUT2D eigenvalue weighted by Gasteiger charge is 2.46. The number of aliphatic hydroxyl groups is 1. The largest absolute Gasteiger partial charge is 0.387 e. The van der Waals surface area contributed by atoms with E-state index >= 15 is 4.39 Å². The van der Waals surface area contributed by atoms with E-state index in [-0.39, 0.29) is 34.7 Å². The summed E-state index contributed by atoms with van der Waals surface area (Å²) in [6.07, 6.45) is 0.238. The van der Waals surface area contributed by atoms with Gasteiger partial charge in [0.1, 0.15) is 0 Å². The molecule has 0 unspecified atom stereocenters. The fourth-order valence-electron chi connectivity index (χ4n) is 2.88. The number of halogens is 4. The molecular weight excluding hydrogens is 357 g/mol. The van der Waals surface area contributed by atoms with Gasteiger partial charge in [-0.1, -0.05) is 23.7 Å². The number of amides is 1. The van der Waals surface area contributed by atoms with Gasteiger partial charge >= 0.3 is 0 Å². The molecule has 0 spiro atoms. The Morgan fingerprint density at radius 3 is 2.88 bits per heavy atom. The van der Waals surface area contributed by atoms with Crippen LogP contribution in [0.5, 0.6) is 0 Å². The molecule has 1 heterocycles. The van der Waals surface area contributed by atoms with Crippen LogP contribution in [0.2, 0.25) is 5.02 Å². The van der Waals surface area contributed by atoms with E-state index in [1.54, 1.807) is 0 Å². The number of hydrogen-bond acceptors (Lipinski definition) is 3. The molecule has 2 N–H and O–H groups in total. The van der Waals surface area contributed by atoms with Crippen LogP contribution in [0, 0.1) is 11.6 Å². The zero-order chi connectivity index (χ0) is 18.2. The molecule has 1 aromatic heterocycles. The summed E-state index contributed by atoms with van der Waals surface area (Å²) in [5.41, 5.74) is -2.46. The smallest absolute Gasteiger partial charge is 0.262 e. The molecule has 0 saturated carbocycles. The molecule has 1 aromatic carbocycles. The Morgan fingerprint density at radius 1 is 1.36 bits per heavy atom. The van der Waals surface area contributed by atoms with Crippen LogP contribution in [0.25, 0.3) is 0 Å². The number of pyridine rings is 1. The van der Waals surface area contributed by atoms with Gasteiger partial charge in [0.2, 0.25) is 5.67 Å². The minimum Gasteiger partial charge on any atom is -0.387 e. The molecule has 1 aliphatic rings. The molecule has 25 heavy (non-hydrogen) atoms. The topological polar surface area (TPSA) is 62.2 Å². The molecule has 2 atom stereocenters. The van der Waals surface area contributed by atoms with Crippen molar-refractivity contribution in [2.45, 2.75) is 31.2 Å². The van der Waals surface area contributed by atoms with Crippen molar-refractivity contribution in [1.29, 1.82) is 0 Å². The third-order valence-electron chi connectivity index (χ3n) is 4.26. The van der Waals surface area contributed by atoms with Crippen molar-refractivity contribution in [3.8, 4) is 0 Å². The molecule has 0 bridgehead atoms. The monoisotopic (exact) mass is 370 g/mol.